The van der Waals surface area contributed by atoms with Gasteiger partial charge in [0, 0.05) is 21.0 Å². The molecule has 0 aliphatic heterocycles. The van der Waals surface area contributed by atoms with Crippen LogP contribution in [0.5, 0.6) is 0 Å². The first-order chi connectivity index (χ1) is 8.43. The molecule has 0 bridgehead atoms. The predicted molar refractivity (Wildman–Crippen MR) is 59.7 cm³/mol. The van der Waals surface area contributed by atoms with Crippen LogP contribution in [-0.4, -0.2) is 18.6 Å². The van der Waals surface area contributed by atoms with E-state index in [9.17, 15) is 30.7 Å². The van der Waals surface area contributed by atoms with E-state index in [2.05, 4.69) is 22.0 Å². The zero-order valence-corrected chi connectivity index (χ0v) is 11.5. The third-order valence-electron chi connectivity index (χ3n) is 2.21. The van der Waals surface area contributed by atoms with Crippen molar-refractivity contribution in [2.75, 3.05) is 6.26 Å². The predicted octanol–water partition coefficient (Wildman–Crippen LogP) is 5.26. The maximum Gasteiger partial charge on any atom is 0.435 e. The van der Waals surface area contributed by atoms with E-state index in [1.54, 1.807) is 0 Å². The summed E-state index contributed by atoms with van der Waals surface area (Å²) in [6.07, 6.45) is -10.8. The van der Waals surface area contributed by atoms with E-state index in [1.165, 1.54) is 6.26 Å². The normalized spacial score (nSPS) is 13.7. The summed E-state index contributed by atoms with van der Waals surface area (Å²) in [6, 6.07) is 3.35. The summed E-state index contributed by atoms with van der Waals surface area (Å²) < 4.78 is 88.7. The van der Waals surface area contributed by atoms with Gasteiger partial charge in [0.2, 0.25) is 0 Å². The fourth-order valence-electron chi connectivity index (χ4n) is 1.31. The fourth-order valence-corrected chi connectivity index (χ4v) is 2.35. The lowest BCUT2D eigenvalue weighted by Gasteiger charge is -2.30. The Morgan fingerprint density at radius 2 is 1.47 bits per heavy atom. The number of halogens is 8. The summed E-state index contributed by atoms with van der Waals surface area (Å²) in [6.45, 7) is 0. The van der Waals surface area contributed by atoms with Gasteiger partial charge >= 0.3 is 18.0 Å². The van der Waals surface area contributed by atoms with Crippen molar-refractivity contribution in [3.8, 4) is 0 Å². The molecule has 107 valence electrons. The molecule has 0 heterocycles. The molecule has 0 fully saturated rings. The molecule has 0 spiro atoms. The molecule has 0 aliphatic rings. The third kappa shape index (κ3) is 3.01. The van der Waals surface area contributed by atoms with Crippen LogP contribution >= 0.6 is 27.7 Å². The van der Waals surface area contributed by atoms with E-state index in [4.69, 9.17) is 0 Å². The van der Waals surface area contributed by atoms with Crippen molar-refractivity contribution in [1.29, 1.82) is 0 Å². The zero-order chi connectivity index (χ0) is 15.1. The molecule has 0 atom stereocenters. The lowest BCUT2D eigenvalue weighted by atomic mass is 9.94. The van der Waals surface area contributed by atoms with Crippen molar-refractivity contribution >= 4 is 27.7 Å². The molecule has 0 amide bonds. The van der Waals surface area contributed by atoms with E-state index < -0.39 is 23.6 Å². The summed E-state index contributed by atoms with van der Waals surface area (Å²) in [5.41, 5.74) is -6.94. The lowest BCUT2D eigenvalue weighted by Crippen LogP contribution is -2.50. The quantitative estimate of drug-likeness (QED) is 0.506. The minimum Gasteiger partial charge on any atom is -0.218 e. The van der Waals surface area contributed by atoms with Crippen LogP contribution in [0, 0.1) is 6.07 Å². The standard InChI is InChI=1S/C10H5BrF7S/c1-19-7-3-5(2-6(11)4-7)8(12,9(13,14)15)10(16,17)18/h2-3H,1H3. The van der Waals surface area contributed by atoms with Gasteiger partial charge in [0.15, 0.2) is 0 Å². The second-order valence-electron chi connectivity index (χ2n) is 3.44. The first-order valence-corrected chi connectivity index (χ1v) is 6.55. The summed E-state index contributed by atoms with van der Waals surface area (Å²) in [5, 5.41) is 0. The highest BCUT2D eigenvalue weighted by Gasteiger charge is 2.73. The lowest BCUT2D eigenvalue weighted by molar-refractivity contribution is -0.348. The van der Waals surface area contributed by atoms with Crippen LogP contribution in [-0.2, 0) is 5.67 Å². The second-order valence-corrected chi connectivity index (χ2v) is 5.14. The Morgan fingerprint density at radius 1 is 1.00 bits per heavy atom. The number of rotatable bonds is 2. The fraction of sp³-hybridized carbons (Fsp3) is 0.400. The minimum atomic E-state index is -6.11. The van der Waals surface area contributed by atoms with Crippen molar-refractivity contribution < 1.29 is 30.7 Å². The SMILES string of the molecule is CSc1[c]c(Br)cc(C(F)(C(F)(F)F)C(F)(F)F)c1. The summed E-state index contributed by atoms with van der Waals surface area (Å²) in [4.78, 5) is -0.0418. The Hall–Kier alpha value is -0.440. The highest BCUT2D eigenvalue weighted by Crippen LogP contribution is 2.53. The topological polar surface area (TPSA) is 0 Å². The van der Waals surface area contributed by atoms with Crippen LogP contribution in [0.2, 0.25) is 0 Å². The van der Waals surface area contributed by atoms with E-state index in [0.717, 1.165) is 11.8 Å². The molecule has 0 saturated heterocycles. The molecule has 1 rings (SSSR count). The summed E-state index contributed by atoms with van der Waals surface area (Å²) in [7, 11) is 0. The maximum atomic E-state index is 13.7. The molecule has 1 aromatic rings. The van der Waals surface area contributed by atoms with Gasteiger partial charge in [-0.2, -0.15) is 26.3 Å². The molecule has 0 aliphatic carbocycles. The van der Waals surface area contributed by atoms with Crippen LogP contribution in [0.25, 0.3) is 0 Å². The van der Waals surface area contributed by atoms with Crippen LogP contribution in [0.15, 0.2) is 21.5 Å². The third-order valence-corrected chi connectivity index (χ3v) is 3.30. The molecular weight excluding hydrogens is 365 g/mol. The molecule has 0 N–H and O–H groups in total. The zero-order valence-electron chi connectivity index (χ0n) is 9.09. The molecule has 1 radical (unpaired) electrons. The first-order valence-electron chi connectivity index (χ1n) is 4.53. The van der Waals surface area contributed by atoms with Gasteiger partial charge in [-0.3, -0.25) is 0 Å². The Labute approximate surface area is 116 Å². The van der Waals surface area contributed by atoms with Gasteiger partial charge in [0.05, 0.1) is 0 Å². The summed E-state index contributed by atoms with van der Waals surface area (Å²) >= 11 is 3.56. The van der Waals surface area contributed by atoms with Gasteiger partial charge in [-0.15, -0.1) is 11.8 Å². The highest BCUT2D eigenvalue weighted by atomic mass is 79.9. The van der Waals surface area contributed by atoms with Crippen LogP contribution < -0.4 is 0 Å². The number of thioether (sulfide) groups is 1. The Kier molecular flexibility index (Phi) is 4.51. The van der Waals surface area contributed by atoms with Gasteiger partial charge in [-0.1, -0.05) is 15.9 Å². The van der Waals surface area contributed by atoms with Crippen molar-refractivity contribution in [3.63, 3.8) is 0 Å². The van der Waals surface area contributed by atoms with Crippen LogP contribution in [0.4, 0.5) is 30.7 Å². The van der Waals surface area contributed by atoms with Gasteiger partial charge in [0.1, 0.15) is 0 Å². The molecular formula is C10H5BrF7S. The van der Waals surface area contributed by atoms with Gasteiger partial charge in [-0.25, -0.2) is 4.39 Å². The van der Waals surface area contributed by atoms with Crippen LogP contribution in [0.1, 0.15) is 5.56 Å². The molecule has 0 unspecified atom stereocenters. The molecule has 0 nitrogen and oxygen atoms in total. The van der Waals surface area contributed by atoms with E-state index in [1.807, 2.05) is 0 Å². The van der Waals surface area contributed by atoms with Gasteiger partial charge in [0.25, 0.3) is 0 Å². The molecule has 1 aromatic carbocycles. The smallest absolute Gasteiger partial charge is 0.218 e. The monoisotopic (exact) mass is 369 g/mol. The number of benzene rings is 1. The van der Waals surface area contributed by atoms with Crippen molar-refractivity contribution in [2.24, 2.45) is 0 Å². The van der Waals surface area contributed by atoms with E-state index in [0.29, 0.717) is 12.1 Å². The van der Waals surface area contributed by atoms with Crippen LogP contribution in [0.3, 0.4) is 0 Å². The number of alkyl halides is 7. The minimum absolute atomic E-state index is 0.0418. The van der Waals surface area contributed by atoms with E-state index in [-0.39, 0.29) is 9.37 Å². The van der Waals surface area contributed by atoms with Crippen molar-refractivity contribution in [2.45, 2.75) is 22.9 Å². The number of hydrogen-bond donors (Lipinski definition) is 0. The Balaban J connectivity index is 3.56. The number of hydrogen-bond acceptors (Lipinski definition) is 1. The second kappa shape index (κ2) is 5.16. The van der Waals surface area contributed by atoms with Crippen molar-refractivity contribution in [1.82, 2.24) is 0 Å². The highest BCUT2D eigenvalue weighted by molar-refractivity contribution is 9.10. The Bertz CT molecular complexity index is 452. The molecule has 9 heteroatoms. The average Bonchev–Trinajstić information content (AvgIpc) is 2.23. The molecule has 19 heavy (non-hydrogen) atoms. The van der Waals surface area contributed by atoms with E-state index >= 15 is 0 Å². The van der Waals surface area contributed by atoms with Gasteiger partial charge in [-0.05, 0) is 18.4 Å². The molecule has 0 aromatic heterocycles. The average molecular weight is 370 g/mol. The molecule has 0 saturated carbocycles. The maximum absolute atomic E-state index is 13.7. The van der Waals surface area contributed by atoms with Gasteiger partial charge < -0.3 is 0 Å². The largest absolute Gasteiger partial charge is 0.435 e. The Morgan fingerprint density at radius 3 is 1.84 bits per heavy atom. The first kappa shape index (κ1) is 16.6. The summed E-state index contributed by atoms with van der Waals surface area (Å²) in [5.74, 6) is 0. The van der Waals surface area contributed by atoms with Crippen molar-refractivity contribution in [3.05, 3.63) is 28.2 Å².